The maximum Gasteiger partial charge on any atom is 0.264 e. The van der Waals surface area contributed by atoms with Crippen LogP contribution in [0.5, 0.6) is 0 Å². The first kappa shape index (κ1) is 25.7. The molecule has 0 fully saturated rings. The van der Waals surface area contributed by atoms with Crippen LogP contribution in [0.15, 0.2) is 76.5 Å². The van der Waals surface area contributed by atoms with Crippen LogP contribution in [0.3, 0.4) is 0 Å². The molecule has 0 aromatic heterocycles. The number of benzene rings is 3. The number of aryl methyl sites for hydroxylation is 1. The number of hydrogen-bond donors (Lipinski definition) is 1. The van der Waals surface area contributed by atoms with Crippen molar-refractivity contribution < 1.29 is 13.2 Å². The van der Waals surface area contributed by atoms with Crippen LogP contribution in [-0.4, -0.2) is 33.2 Å². The summed E-state index contributed by atoms with van der Waals surface area (Å²) in [6, 6.07) is 18.4. The van der Waals surface area contributed by atoms with Gasteiger partial charge in [-0.25, -0.2) is 8.42 Å². The third-order valence-corrected chi connectivity index (χ3v) is 8.45. The molecule has 0 radical (unpaired) electrons. The minimum atomic E-state index is -4.07. The second-order valence-electron chi connectivity index (χ2n) is 7.05. The lowest BCUT2D eigenvalue weighted by Crippen LogP contribution is -2.41. The van der Waals surface area contributed by atoms with Crippen molar-refractivity contribution in [1.82, 2.24) is 5.32 Å². The van der Waals surface area contributed by atoms with Crippen molar-refractivity contribution in [2.75, 3.05) is 23.1 Å². The summed E-state index contributed by atoms with van der Waals surface area (Å²) in [7, 11) is -4.07. The molecule has 0 aliphatic carbocycles. The predicted molar refractivity (Wildman–Crippen MR) is 137 cm³/mol. The lowest BCUT2D eigenvalue weighted by Gasteiger charge is -2.25. The summed E-state index contributed by atoms with van der Waals surface area (Å²) in [5.41, 5.74) is 1.05. The zero-order chi connectivity index (χ0) is 24.0. The van der Waals surface area contributed by atoms with E-state index in [1.807, 2.05) is 19.1 Å². The van der Waals surface area contributed by atoms with E-state index in [2.05, 4.69) is 5.32 Å². The molecule has 3 aromatic rings. The highest BCUT2D eigenvalue weighted by Gasteiger charge is 2.29. The zero-order valence-corrected chi connectivity index (χ0v) is 21.5. The number of nitrogens with zero attached hydrogens (tertiary/aromatic N) is 1. The number of rotatable bonds is 9. The lowest BCUT2D eigenvalue weighted by atomic mass is 10.2. The van der Waals surface area contributed by atoms with Crippen molar-refractivity contribution >= 4 is 68.2 Å². The van der Waals surface area contributed by atoms with Crippen molar-refractivity contribution in [3.8, 4) is 0 Å². The Hall–Kier alpha value is -1.90. The predicted octanol–water partition coefficient (Wildman–Crippen LogP) is 6.06. The summed E-state index contributed by atoms with van der Waals surface area (Å²) in [5, 5.41) is 3.67. The molecule has 0 unspecified atom stereocenters. The van der Waals surface area contributed by atoms with E-state index in [1.165, 1.54) is 18.2 Å². The molecule has 174 valence electrons. The van der Waals surface area contributed by atoms with Crippen molar-refractivity contribution in [3.05, 3.63) is 87.4 Å². The van der Waals surface area contributed by atoms with Crippen LogP contribution in [0, 0.1) is 6.92 Å². The van der Waals surface area contributed by atoms with Crippen molar-refractivity contribution in [3.63, 3.8) is 0 Å². The Kier molecular flexibility index (Phi) is 8.95. The minimum Gasteiger partial charge on any atom is -0.354 e. The molecule has 3 rings (SSSR count). The van der Waals surface area contributed by atoms with Crippen LogP contribution < -0.4 is 9.62 Å². The van der Waals surface area contributed by atoms with Gasteiger partial charge in [-0.05, 0) is 55.5 Å². The third kappa shape index (κ3) is 6.80. The molecule has 5 nitrogen and oxygen atoms in total. The number of amides is 1. The fourth-order valence-corrected chi connectivity index (χ4v) is 5.67. The topological polar surface area (TPSA) is 66.5 Å². The summed E-state index contributed by atoms with van der Waals surface area (Å²) < 4.78 is 27.8. The zero-order valence-electron chi connectivity index (χ0n) is 17.6. The fraction of sp³-hybridized carbons (Fsp3) is 0.174. The van der Waals surface area contributed by atoms with Crippen LogP contribution in [0.25, 0.3) is 0 Å². The Balaban J connectivity index is 1.75. The number of thioether (sulfide) groups is 1. The first-order chi connectivity index (χ1) is 15.7. The quantitative estimate of drug-likeness (QED) is 0.263. The number of nitrogens with one attached hydrogen (secondary N) is 1. The first-order valence-electron chi connectivity index (χ1n) is 9.87. The molecular formula is C23H21Cl3N2O3S2. The summed E-state index contributed by atoms with van der Waals surface area (Å²) in [6.07, 6.45) is 0. The maximum atomic E-state index is 13.4. The molecule has 0 saturated carbocycles. The maximum absolute atomic E-state index is 13.4. The van der Waals surface area contributed by atoms with Gasteiger partial charge in [-0.3, -0.25) is 9.10 Å². The Morgan fingerprint density at radius 2 is 1.64 bits per heavy atom. The second kappa shape index (κ2) is 11.5. The van der Waals surface area contributed by atoms with Gasteiger partial charge in [0.2, 0.25) is 5.91 Å². The summed E-state index contributed by atoms with van der Waals surface area (Å²) >= 11 is 19.9. The smallest absolute Gasteiger partial charge is 0.264 e. The van der Waals surface area contributed by atoms with Crippen molar-refractivity contribution in [1.29, 1.82) is 0 Å². The first-order valence-corrected chi connectivity index (χ1v) is 13.4. The van der Waals surface area contributed by atoms with Gasteiger partial charge in [0.05, 0.1) is 20.6 Å². The van der Waals surface area contributed by atoms with E-state index in [0.717, 1.165) is 14.8 Å². The standard InChI is InChI=1S/C23H21Cl3N2O3S2/c1-16-5-11-19(12-6-16)33(30,31)28(21-4-2-3-20(25)23(21)26)15-22(29)27-13-14-32-18-9-7-17(24)8-10-18/h2-12H,13-15H2,1H3,(H,27,29). The molecule has 3 aromatic carbocycles. The molecule has 0 heterocycles. The number of hydrogen-bond acceptors (Lipinski definition) is 4. The van der Waals surface area contributed by atoms with Gasteiger partial charge in [0.1, 0.15) is 6.54 Å². The summed E-state index contributed by atoms with van der Waals surface area (Å²) in [5.74, 6) is 0.147. The van der Waals surface area contributed by atoms with E-state index >= 15 is 0 Å². The average Bonchev–Trinajstić information content (AvgIpc) is 2.78. The number of sulfonamides is 1. The van der Waals surface area contributed by atoms with Gasteiger partial charge in [0.25, 0.3) is 10.0 Å². The van der Waals surface area contributed by atoms with Gasteiger partial charge in [-0.15, -0.1) is 11.8 Å². The summed E-state index contributed by atoms with van der Waals surface area (Å²) in [4.78, 5) is 13.8. The van der Waals surface area contributed by atoms with Gasteiger partial charge >= 0.3 is 0 Å². The Labute approximate surface area is 213 Å². The molecule has 10 heteroatoms. The molecule has 0 spiro atoms. The Morgan fingerprint density at radius 1 is 0.970 bits per heavy atom. The highest BCUT2D eigenvalue weighted by Crippen LogP contribution is 2.35. The molecule has 33 heavy (non-hydrogen) atoms. The molecule has 0 saturated heterocycles. The van der Waals surface area contributed by atoms with Crippen LogP contribution >= 0.6 is 46.6 Å². The van der Waals surface area contributed by atoms with E-state index in [4.69, 9.17) is 34.8 Å². The van der Waals surface area contributed by atoms with Crippen LogP contribution in [0.2, 0.25) is 15.1 Å². The average molecular weight is 544 g/mol. The minimum absolute atomic E-state index is 0.0511. The van der Waals surface area contributed by atoms with E-state index in [9.17, 15) is 13.2 Å². The molecule has 1 N–H and O–H groups in total. The van der Waals surface area contributed by atoms with Crippen LogP contribution in [0.1, 0.15) is 5.56 Å². The normalized spacial score (nSPS) is 11.3. The molecule has 0 bridgehead atoms. The number of carbonyl (C=O) groups excluding carboxylic acids is 1. The fourth-order valence-electron chi connectivity index (χ4n) is 2.90. The third-order valence-electron chi connectivity index (χ3n) is 4.60. The van der Waals surface area contributed by atoms with E-state index < -0.39 is 22.5 Å². The monoisotopic (exact) mass is 542 g/mol. The Morgan fingerprint density at radius 3 is 2.30 bits per heavy atom. The summed E-state index contributed by atoms with van der Waals surface area (Å²) in [6.45, 7) is 1.77. The van der Waals surface area contributed by atoms with Crippen molar-refractivity contribution in [2.24, 2.45) is 0 Å². The van der Waals surface area contributed by atoms with Gasteiger partial charge in [-0.1, -0.05) is 58.6 Å². The second-order valence-corrected chi connectivity index (χ2v) is 11.3. The van der Waals surface area contributed by atoms with Gasteiger partial charge in [0, 0.05) is 22.2 Å². The van der Waals surface area contributed by atoms with E-state index in [0.29, 0.717) is 17.3 Å². The SMILES string of the molecule is Cc1ccc(S(=O)(=O)N(CC(=O)NCCSc2ccc(Cl)cc2)c2cccc(Cl)c2Cl)cc1. The van der Waals surface area contributed by atoms with Crippen LogP contribution in [-0.2, 0) is 14.8 Å². The van der Waals surface area contributed by atoms with E-state index in [1.54, 1.807) is 48.2 Å². The van der Waals surface area contributed by atoms with E-state index in [-0.39, 0.29) is 20.6 Å². The highest BCUT2D eigenvalue weighted by atomic mass is 35.5. The highest BCUT2D eigenvalue weighted by molar-refractivity contribution is 7.99. The molecule has 0 atom stereocenters. The number of halogens is 3. The molecule has 1 amide bonds. The molecule has 0 aliphatic heterocycles. The number of anilines is 1. The van der Waals surface area contributed by atoms with Crippen molar-refractivity contribution in [2.45, 2.75) is 16.7 Å². The number of carbonyl (C=O) groups is 1. The van der Waals surface area contributed by atoms with Gasteiger partial charge in [-0.2, -0.15) is 0 Å². The van der Waals surface area contributed by atoms with Gasteiger partial charge in [0.15, 0.2) is 0 Å². The van der Waals surface area contributed by atoms with Crippen LogP contribution in [0.4, 0.5) is 5.69 Å². The molecule has 0 aliphatic rings. The van der Waals surface area contributed by atoms with Gasteiger partial charge < -0.3 is 5.32 Å². The Bertz CT molecular complexity index is 1220. The largest absolute Gasteiger partial charge is 0.354 e. The molecular weight excluding hydrogens is 523 g/mol. The lowest BCUT2D eigenvalue weighted by molar-refractivity contribution is -0.119.